The van der Waals surface area contributed by atoms with E-state index in [9.17, 15) is 18.0 Å². The monoisotopic (exact) mass is 367 g/mol. The topological polar surface area (TPSA) is 42.6 Å². The zero-order valence-corrected chi connectivity index (χ0v) is 14.6. The third kappa shape index (κ3) is 3.90. The second-order valence-electron chi connectivity index (χ2n) is 6.44. The van der Waals surface area contributed by atoms with Crippen LogP contribution in [0.3, 0.4) is 0 Å². The number of nitrogens with one attached hydrogen (secondary N) is 1. The number of hydrogen-bond acceptors (Lipinski definition) is 2. The normalized spacial score (nSPS) is 16.1. The fourth-order valence-electron chi connectivity index (χ4n) is 3.27. The van der Waals surface area contributed by atoms with Crippen LogP contribution in [-0.4, -0.2) is 53.3 Å². The molecular weight excluding hydrogens is 345 g/mol. The Morgan fingerprint density at radius 1 is 1.19 bits per heavy atom. The number of piperazine rings is 1. The first-order valence-electron chi connectivity index (χ1n) is 8.70. The summed E-state index contributed by atoms with van der Waals surface area (Å²) in [5.74, 6) is -0.591. The highest BCUT2D eigenvalue weighted by molar-refractivity contribution is 5.95. The van der Waals surface area contributed by atoms with Crippen molar-refractivity contribution < 1.29 is 22.9 Å². The number of nitrogens with zero attached hydrogens (tertiary/aromatic N) is 3. The van der Waals surface area contributed by atoms with Gasteiger partial charge >= 0.3 is 6.18 Å². The summed E-state index contributed by atoms with van der Waals surface area (Å²) in [5, 5.41) is 3.87. The lowest BCUT2D eigenvalue weighted by atomic mass is 10.1. The van der Waals surface area contributed by atoms with Gasteiger partial charge in [0.15, 0.2) is 5.69 Å². The first kappa shape index (κ1) is 18.4. The van der Waals surface area contributed by atoms with E-state index in [1.165, 1.54) is 9.80 Å². The van der Waals surface area contributed by atoms with Crippen molar-refractivity contribution in [1.29, 1.82) is 0 Å². The molecule has 140 valence electrons. The minimum absolute atomic E-state index is 0.0310. The van der Waals surface area contributed by atoms with E-state index in [-0.39, 0.29) is 12.1 Å². The summed E-state index contributed by atoms with van der Waals surface area (Å²) in [7, 11) is 0. The predicted molar refractivity (Wildman–Crippen MR) is 89.9 cm³/mol. The SMILES string of the molecule is CC[NH+]1CCN(C(=O)c2cnn(Cc3ccccc3)c2C(F)(F)F)CC1. The smallest absolute Gasteiger partial charge is 0.332 e. The molecule has 0 atom stereocenters. The third-order valence-corrected chi connectivity index (χ3v) is 4.77. The van der Waals surface area contributed by atoms with Gasteiger partial charge < -0.3 is 9.80 Å². The number of quaternary nitrogens is 1. The van der Waals surface area contributed by atoms with Crippen molar-refractivity contribution in [2.24, 2.45) is 0 Å². The van der Waals surface area contributed by atoms with E-state index in [0.29, 0.717) is 18.7 Å². The summed E-state index contributed by atoms with van der Waals surface area (Å²) in [6.45, 7) is 5.40. The number of likely N-dealkylation sites (N-methyl/N-ethyl adjacent to an activating group) is 1. The van der Waals surface area contributed by atoms with Crippen LogP contribution < -0.4 is 4.90 Å². The number of benzene rings is 1. The summed E-state index contributed by atoms with van der Waals surface area (Å²) >= 11 is 0. The van der Waals surface area contributed by atoms with Crippen LogP contribution >= 0.6 is 0 Å². The van der Waals surface area contributed by atoms with Crippen LogP contribution in [0, 0.1) is 0 Å². The van der Waals surface area contributed by atoms with Crippen LogP contribution in [-0.2, 0) is 12.7 Å². The minimum Gasteiger partial charge on any atom is -0.332 e. The summed E-state index contributed by atoms with van der Waals surface area (Å²) in [6, 6.07) is 8.78. The molecule has 0 bridgehead atoms. The lowest BCUT2D eigenvalue weighted by Crippen LogP contribution is -3.14. The first-order valence-corrected chi connectivity index (χ1v) is 8.70. The number of aromatic nitrogens is 2. The first-order chi connectivity index (χ1) is 12.4. The van der Waals surface area contributed by atoms with Gasteiger partial charge in [0.25, 0.3) is 5.91 Å². The Labute approximate surface area is 150 Å². The Hall–Kier alpha value is -2.35. The molecule has 1 fully saturated rings. The molecule has 3 rings (SSSR count). The molecule has 0 aliphatic carbocycles. The molecule has 5 nitrogen and oxygen atoms in total. The molecule has 0 spiro atoms. The van der Waals surface area contributed by atoms with E-state index < -0.39 is 17.8 Å². The Bertz CT molecular complexity index is 750. The van der Waals surface area contributed by atoms with E-state index in [1.54, 1.807) is 30.3 Å². The molecule has 1 aromatic heterocycles. The lowest BCUT2D eigenvalue weighted by molar-refractivity contribution is -0.902. The van der Waals surface area contributed by atoms with Crippen LogP contribution in [0.5, 0.6) is 0 Å². The van der Waals surface area contributed by atoms with Gasteiger partial charge in [-0.05, 0) is 12.5 Å². The van der Waals surface area contributed by atoms with Crippen molar-refractivity contribution in [3.63, 3.8) is 0 Å². The molecule has 1 N–H and O–H groups in total. The van der Waals surface area contributed by atoms with Gasteiger partial charge in [-0.3, -0.25) is 9.48 Å². The zero-order chi connectivity index (χ0) is 18.7. The van der Waals surface area contributed by atoms with E-state index in [2.05, 4.69) is 12.0 Å². The molecule has 1 saturated heterocycles. The Morgan fingerprint density at radius 3 is 2.42 bits per heavy atom. The van der Waals surface area contributed by atoms with Crippen LogP contribution in [0.25, 0.3) is 0 Å². The average molecular weight is 367 g/mol. The van der Waals surface area contributed by atoms with E-state index in [4.69, 9.17) is 0 Å². The van der Waals surface area contributed by atoms with Crippen LogP contribution in [0.1, 0.15) is 28.5 Å². The fourth-order valence-corrected chi connectivity index (χ4v) is 3.27. The molecule has 1 aromatic carbocycles. The lowest BCUT2D eigenvalue weighted by Gasteiger charge is -2.31. The molecule has 1 amide bonds. The maximum absolute atomic E-state index is 13.7. The highest BCUT2D eigenvalue weighted by atomic mass is 19.4. The fraction of sp³-hybridized carbons (Fsp3) is 0.444. The Balaban J connectivity index is 1.86. The van der Waals surface area contributed by atoms with Crippen LogP contribution in [0.15, 0.2) is 36.5 Å². The van der Waals surface area contributed by atoms with Gasteiger partial charge in [0.1, 0.15) is 0 Å². The van der Waals surface area contributed by atoms with Gasteiger partial charge in [0, 0.05) is 0 Å². The van der Waals surface area contributed by atoms with E-state index >= 15 is 0 Å². The molecule has 1 aliphatic heterocycles. The summed E-state index contributed by atoms with van der Waals surface area (Å²) in [4.78, 5) is 15.5. The quantitative estimate of drug-likeness (QED) is 0.886. The highest BCUT2D eigenvalue weighted by Crippen LogP contribution is 2.33. The minimum atomic E-state index is -4.65. The van der Waals surface area contributed by atoms with Gasteiger partial charge in [-0.25, -0.2) is 0 Å². The van der Waals surface area contributed by atoms with Crippen LogP contribution in [0.4, 0.5) is 13.2 Å². The number of alkyl halides is 3. The number of carbonyl (C=O) groups excluding carboxylic acids is 1. The molecule has 0 radical (unpaired) electrons. The van der Waals surface area contributed by atoms with Crippen molar-refractivity contribution in [1.82, 2.24) is 14.7 Å². The molecule has 8 heteroatoms. The van der Waals surface area contributed by atoms with Crippen molar-refractivity contribution >= 4 is 5.91 Å². The van der Waals surface area contributed by atoms with E-state index in [0.717, 1.165) is 30.5 Å². The van der Waals surface area contributed by atoms with E-state index in [1.807, 2.05) is 0 Å². The number of amides is 1. The van der Waals surface area contributed by atoms with Crippen LogP contribution in [0.2, 0.25) is 0 Å². The highest BCUT2D eigenvalue weighted by Gasteiger charge is 2.41. The Kier molecular flexibility index (Phi) is 5.31. The molecule has 0 unspecified atom stereocenters. The summed E-state index contributed by atoms with van der Waals surface area (Å²) in [5.41, 5.74) is -0.648. The maximum Gasteiger partial charge on any atom is 0.433 e. The van der Waals surface area contributed by atoms with Crippen molar-refractivity contribution in [2.45, 2.75) is 19.6 Å². The largest absolute Gasteiger partial charge is 0.433 e. The van der Waals surface area contributed by atoms with Gasteiger partial charge in [0.2, 0.25) is 0 Å². The zero-order valence-electron chi connectivity index (χ0n) is 14.6. The molecule has 2 heterocycles. The molecule has 0 saturated carbocycles. The molecule has 1 aliphatic rings. The maximum atomic E-state index is 13.7. The van der Waals surface area contributed by atoms with Gasteiger partial charge in [-0.2, -0.15) is 18.3 Å². The summed E-state index contributed by atoms with van der Waals surface area (Å²) in [6.07, 6.45) is -3.60. The molecular formula is C18H22F3N4O+. The number of carbonyl (C=O) groups is 1. The van der Waals surface area contributed by atoms with Gasteiger partial charge in [-0.1, -0.05) is 30.3 Å². The Morgan fingerprint density at radius 2 is 1.85 bits per heavy atom. The third-order valence-electron chi connectivity index (χ3n) is 4.77. The predicted octanol–water partition coefficient (Wildman–Crippen LogP) is 1.31. The molecule has 26 heavy (non-hydrogen) atoms. The number of halogens is 3. The summed E-state index contributed by atoms with van der Waals surface area (Å²) < 4.78 is 41.8. The second-order valence-corrected chi connectivity index (χ2v) is 6.44. The van der Waals surface area contributed by atoms with Crippen molar-refractivity contribution in [3.05, 3.63) is 53.3 Å². The molecule has 2 aromatic rings. The average Bonchev–Trinajstić information content (AvgIpc) is 3.06. The van der Waals surface area contributed by atoms with Crippen molar-refractivity contribution in [2.75, 3.05) is 32.7 Å². The second kappa shape index (κ2) is 7.49. The number of hydrogen-bond donors (Lipinski definition) is 1. The van der Waals surface area contributed by atoms with Gasteiger partial charge in [0.05, 0.1) is 51.0 Å². The van der Waals surface area contributed by atoms with Gasteiger partial charge in [-0.15, -0.1) is 0 Å². The van der Waals surface area contributed by atoms with Crippen molar-refractivity contribution in [3.8, 4) is 0 Å². The number of rotatable bonds is 4. The standard InChI is InChI=1S/C18H21F3N4O/c1-2-23-8-10-24(11-9-23)17(26)15-12-22-25(16(15)18(19,20)21)13-14-6-4-3-5-7-14/h3-7,12H,2,8-11,13H2,1H3/p+1.